The van der Waals surface area contributed by atoms with Crippen LogP contribution < -0.4 is 4.90 Å². The van der Waals surface area contributed by atoms with Crippen molar-refractivity contribution in [1.29, 1.82) is 0 Å². The number of piperidine rings is 1. The highest BCUT2D eigenvalue weighted by Crippen LogP contribution is 2.31. The largest absolute Gasteiger partial charge is 0.379 e. The highest BCUT2D eigenvalue weighted by Gasteiger charge is 2.36. The van der Waals surface area contributed by atoms with Crippen LogP contribution in [-0.2, 0) is 4.74 Å². The van der Waals surface area contributed by atoms with E-state index in [1.54, 1.807) is 0 Å². The predicted octanol–water partition coefficient (Wildman–Crippen LogP) is 3.29. The third kappa shape index (κ3) is 3.69. The number of hydrogen-bond acceptors (Lipinski definition) is 4. The lowest BCUT2D eigenvalue weighted by molar-refractivity contribution is -0.0248. The average Bonchev–Trinajstić information content (AvgIpc) is 2.63. The summed E-state index contributed by atoms with van der Waals surface area (Å²) in [7, 11) is 0. The topological polar surface area (TPSA) is 28.6 Å². The number of aromatic nitrogens is 1. The van der Waals surface area contributed by atoms with Crippen LogP contribution in [0, 0.1) is 0 Å². The molecule has 1 atom stereocenters. The molecule has 0 spiro atoms. The summed E-state index contributed by atoms with van der Waals surface area (Å²) in [6, 6.07) is 4.46. The smallest absolute Gasteiger partial charge is 0.0594 e. The molecule has 0 amide bonds. The Morgan fingerprint density at radius 2 is 1.87 bits per heavy atom. The van der Waals surface area contributed by atoms with Crippen LogP contribution in [0.3, 0.4) is 0 Å². The lowest BCUT2D eigenvalue weighted by Crippen LogP contribution is -2.56. The van der Waals surface area contributed by atoms with E-state index in [4.69, 9.17) is 4.74 Å². The minimum atomic E-state index is 0.338. The van der Waals surface area contributed by atoms with Gasteiger partial charge in [-0.25, -0.2) is 0 Å². The van der Waals surface area contributed by atoms with E-state index >= 15 is 0 Å². The molecular formula is C19H31N3O. The first-order chi connectivity index (χ1) is 11.1. The number of rotatable bonds is 4. The van der Waals surface area contributed by atoms with Gasteiger partial charge in [-0.15, -0.1) is 0 Å². The summed E-state index contributed by atoms with van der Waals surface area (Å²) in [4.78, 5) is 9.81. The van der Waals surface area contributed by atoms with Crippen molar-refractivity contribution in [2.24, 2.45) is 0 Å². The van der Waals surface area contributed by atoms with Crippen LogP contribution in [-0.4, -0.2) is 54.8 Å². The van der Waals surface area contributed by atoms with Gasteiger partial charge in [0.15, 0.2) is 0 Å². The summed E-state index contributed by atoms with van der Waals surface area (Å²) in [6.07, 6.45) is 5.66. The molecule has 1 unspecified atom stereocenters. The molecule has 1 aromatic rings. The summed E-state index contributed by atoms with van der Waals surface area (Å²) >= 11 is 0. The molecule has 2 fully saturated rings. The summed E-state index contributed by atoms with van der Waals surface area (Å²) in [5.41, 5.74) is 2.83. The minimum absolute atomic E-state index is 0.338. The van der Waals surface area contributed by atoms with Gasteiger partial charge in [0, 0.05) is 37.4 Å². The van der Waals surface area contributed by atoms with Gasteiger partial charge in [-0.1, -0.05) is 13.8 Å². The van der Waals surface area contributed by atoms with Crippen LogP contribution in [0.4, 0.5) is 5.69 Å². The molecule has 1 aromatic heterocycles. The Bertz CT molecular complexity index is 488. The Morgan fingerprint density at radius 1 is 1.17 bits per heavy atom. The first-order valence-corrected chi connectivity index (χ1v) is 9.16. The zero-order chi connectivity index (χ0) is 16.3. The lowest BCUT2D eigenvalue weighted by Gasteiger charge is -2.48. The van der Waals surface area contributed by atoms with Gasteiger partial charge in [0.1, 0.15) is 0 Å². The third-order valence-electron chi connectivity index (χ3n) is 5.87. The Kier molecular flexibility index (Phi) is 5.22. The highest BCUT2D eigenvalue weighted by atomic mass is 16.5. The molecule has 4 heteroatoms. The minimum Gasteiger partial charge on any atom is -0.379 e. The monoisotopic (exact) mass is 317 g/mol. The average molecular weight is 317 g/mol. The molecule has 3 heterocycles. The fourth-order valence-corrected chi connectivity index (χ4v) is 3.75. The van der Waals surface area contributed by atoms with E-state index in [2.05, 4.69) is 53.9 Å². The SMILES string of the molecule is CCC(C)c1ccc(N2CCC(C)(N3CCOCC3)CC2)cn1. The van der Waals surface area contributed by atoms with Gasteiger partial charge < -0.3 is 9.64 Å². The van der Waals surface area contributed by atoms with Crippen molar-refractivity contribution < 1.29 is 4.74 Å². The number of nitrogens with zero attached hydrogens (tertiary/aromatic N) is 3. The van der Waals surface area contributed by atoms with Crippen LogP contribution in [0.2, 0.25) is 0 Å². The predicted molar refractivity (Wildman–Crippen MR) is 95.2 cm³/mol. The van der Waals surface area contributed by atoms with Gasteiger partial charge in [-0.05, 0) is 44.2 Å². The number of hydrogen-bond donors (Lipinski definition) is 0. The van der Waals surface area contributed by atoms with Gasteiger partial charge in [-0.3, -0.25) is 9.88 Å². The zero-order valence-electron chi connectivity index (χ0n) is 14.9. The fourth-order valence-electron chi connectivity index (χ4n) is 3.75. The molecule has 3 rings (SSSR count). The van der Waals surface area contributed by atoms with Crippen LogP contribution in [0.25, 0.3) is 0 Å². The second kappa shape index (κ2) is 7.18. The van der Waals surface area contributed by atoms with Gasteiger partial charge in [0.2, 0.25) is 0 Å². The maximum atomic E-state index is 5.51. The second-order valence-electron chi connectivity index (χ2n) is 7.33. The van der Waals surface area contributed by atoms with E-state index in [9.17, 15) is 0 Å². The molecule has 0 bridgehead atoms. The highest BCUT2D eigenvalue weighted by molar-refractivity contribution is 5.45. The third-order valence-corrected chi connectivity index (χ3v) is 5.87. The molecule has 2 aliphatic rings. The van der Waals surface area contributed by atoms with Crippen molar-refractivity contribution in [3.8, 4) is 0 Å². The Morgan fingerprint density at radius 3 is 2.43 bits per heavy atom. The van der Waals surface area contributed by atoms with Crippen LogP contribution >= 0.6 is 0 Å². The normalized spacial score (nSPS) is 23.7. The van der Waals surface area contributed by atoms with Gasteiger partial charge in [0.05, 0.1) is 25.1 Å². The molecular weight excluding hydrogens is 286 g/mol. The molecule has 0 aliphatic carbocycles. The number of pyridine rings is 1. The number of anilines is 1. The van der Waals surface area contributed by atoms with E-state index in [0.29, 0.717) is 11.5 Å². The Balaban J connectivity index is 1.60. The van der Waals surface area contributed by atoms with E-state index in [1.807, 2.05) is 0 Å². The van der Waals surface area contributed by atoms with Gasteiger partial charge in [0.25, 0.3) is 0 Å². The number of ether oxygens (including phenoxy) is 1. The molecule has 4 nitrogen and oxygen atoms in total. The van der Waals surface area contributed by atoms with Crippen LogP contribution in [0.15, 0.2) is 18.3 Å². The molecule has 128 valence electrons. The first kappa shape index (κ1) is 16.7. The zero-order valence-corrected chi connectivity index (χ0v) is 14.9. The van der Waals surface area contributed by atoms with Crippen molar-refractivity contribution in [2.75, 3.05) is 44.3 Å². The molecule has 0 saturated carbocycles. The van der Waals surface area contributed by atoms with E-state index in [-0.39, 0.29) is 0 Å². The molecule has 0 N–H and O–H groups in total. The molecule has 0 aromatic carbocycles. The van der Waals surface area contributed by atoms with Crippen LogP contribution in [0.5, 0.6) is 0 Å². The summed E-state index contributed by atoms with van der Waals surface area (Å²) in [5.74, 6) is 0.551. The van der Waals surface area contributed by atoms with Crippen LogP contribution in [0.1, 0.15) is 51.6 Å². The molecule has 23 heavy (non-hydrogen) atoms. The quantitative estimate of drug-likeness (QED) is 0.852. The van der Waals surface area contributed by atoms with E-state index in [0.717, 1.165) is 45.8 Å². The second-order valence-corrected chi connectivity index (χ2v) is 7.33. The Hall–Kier alpha value is -1.13. The fraction of sp³-hybridized carbons (Fsp3) is 0.737. The van der Waals surface area contributed by atoms with E-state index in [1.165, 1.54) is 24.2 Å². The molecule has 2 saturated heterocycles. The summed E-state index contributed by atoms with van der Waals surface area (Å²) in [6.45, 7) is 13.1. The van der Waals surface area contributed by atoms with Gasteiger partial charge >= 0.3 is 0 Å². The van der Waals surface area contributed by atoms with E-state index < -0.39 is 0 Å². The molecule has 2 aliphatic heterocycles. The van der Waals surface area contributed by atoms with Crippen molar-refractivity contribution in [3.63, 3.8) is 0 Å². The van der Waals surface area contributed by atoms with Gasteiger partial charge in [-0.2, -0.15) is 0 Å². The summed E-state index contributed by atoms with van der Waals surface area (Å²) in [5, 5.41) is 0. The lowest BCUT2D eigenvalue weighted by atomic mass is 9.87. The maximum Gasteiger partial charge on any atom is 0.0594 e. The first-order valence-electron chi connectivity index (χ1n) is 9.16. The summed E-state index contributed by atoms with van der Waals surface area (Å²) < 4.78 is 5.51. The Labute approximate surface area is 140 Å². The van der Waals surface area contributed by atoms with Crippen molar-refractivity contribution in [3.05, 3.63) is 24.0 Å². The van der Waals surface area contributed by atoms with Crippen molar-refractivity contribution >= 4 is 5.69 Å². The standard InChI is InChI=1S/C19H31N3O/c1-4-16(2)18-6-5-17(15-20-18)21-9-7-19(3,8-10-21)22-11-13-23-14-12-22/h5-6,15-16H,4,7-14H2,1-3H3. The van der Waals surface area contributed by atoms with Crippen molar-refractivity contribution in [1.82, 2.24) is 9.88 Å². The van der Waals surface area contributed by atoms with Crippen molar-refractivity contribution in [2.45, 2.75) is 51.5 Å². The molecule has 0 radical (unpaired) electrons. The maximum absolute atomic E-state index is 5.51. The number of morpholine rings is 1.